The van der Waals surface area contributed by atoms with Crippen molar-refractivity contribution in [2.75, 3.05) is 17.4 Å². The molecule has 2 N–H and O–H groups in total. The molecule has 0 saturated carbocycles. The van der Waals surface area contributed by atoms with E-state index in [1.807, 2.05) is 69.3 Å². The highest BCUT2D eigenvalue weighted by Crippen LogP contribution is 2.32. The van der Waals surface area contributed by atoms with Gasteiger partial charge in [0, 0.05) is 18.3 Å². The maximum Gasteiger partial charge on any atom is 0.231 e. The Hall–Kier alpha value is -3.48. The Bertz CT molecular complexity index is 1010. The summed E-state index contributed by atoms with van der Waals surface area (Å²) in [6.07, 6.45) is 0.0790. The highest BCUT2D eigenvalue weighted by molar-refractivity contribution is 5.63. The maximum absolute atomic E-state index is 5.86. The van der Waals surface area contributed by atoms with Crippen molar-refractivity contribution in [2.45, 2.75) is 33.4 Å². The second-order valence-electron chi connectivity index (χ2n) is 7.05. The number of ether oxygens (including phenoxy) is 3. The van der Waals surface area contributed by atoms with Crippen LogP contribution in [0.15, 0.2) is 48.5 Å². The van der Waals surface area contributed by atoms with Gasteiger partial charge in [-0.1, -0.05) is 18.2 Å². The van der Waals surface area contributed by atoms with Crippen LogP contribution in [0, 0.1) is 6.92 Å². The third-order valence-electron chi connectivity index (χ3n) is 4.26. The van der Waals surface area contributed by atoms with Crippen LogP contribution in [-0.4, -0.2) is 22.9 Å². The van der Waals surface area contributed by atoms with Crippen molar-refractivity contribution in [3.05, 3.63) is 59.8 Å². The van der Waals surface area contributed by atoms with Crippen LogP contribution < -0.4 is 24.8 Å². The van der Waals surface area contributed by atoms with Crippen LogP contribution in [-0.2, 0) is 6.54 Å². The first-order chi connectivity index (χ1) is 14.1. The van der Waals surface area contributed by atoms with Gasteiger partial charge in [-0.2, -0.15) is 4.98 Å². The molecule has 1 aromatic heterocycles. The number of nitrogens with one attached hydrogen (secondary N) is 2. The van der Waals surface area contributed by atoms with Gasteiger partial charge in [-0.25, -0.2) is 4.98 Å². The maximum atomic E-state index is 5.86. The average Bonchev–Trinajstić information content (AvgIpc) is 3.15. The van der Waals surface area contributed by atoms with Gasteiger partial charge in [0.25, 0.3) is 0 Å². The molecule has 3 aromatic rings. The number of para-hydroxylation sites is 2. The molecule has 0 unspecified atom stereocenters. The van der Waals surface area contributed by atoms with Crippen molar-refractivity contribution in [2.24, 2.45) is 0 Å². The van der Waals surface area contributed by atoms with Gasteiger partial charge < -0.3 is 24.8 Å². The van der Waals surface area contributed by atoms with E-state index in [9.17, 15) is 0 Å². The topological polar surface area (TPSA) is 77.5 Å². The molecule has 0 radical (unpaired) electrons. The lowest BCUT2D eigenvalue weighted by Gasteiger charge is -2.15. The lowest BCUT2D eigenvalue weighted by molar-refractivity contribution is 0.174. The minimum absolute atomic E-state index is 0.0790. The first-order valence-corrected chi connectivity index (χ1v) is 9.57. The van der Waals surface area contributed by atoms with Crippen LogP contribution >= 0.6 is 0 Å². The Morgan fingerprint density at radius 3 is 2.72 bits per heavy atom. The highest BCUT2D eigenvalue weighted by Gasteiger charge is 2.13. The van der Waals surface area contributed by atoms with E-state index in [1.54, 1.807) is 0 Å². The Kier molecular flexibility index (Phi) is 5.37. The summed E-state index contributed by atoms with van der Waals surface area (Å²) in [6.45, 7) is 6.82. The molecule has 2 heterocycles. The predicted octanol–water partition coefficient (Wildman–Crippen LogP) is 4.66. The van der Waals surface area contributed by atoms with E-state index < -0.39 is 0 Å². The van der Waals surface area contributed by atoms with E-state index in [-0.39, 0.29) is 12.9 Å². The summed E-state index contributed by atoms with van der Waals surface area (Å²) in [6, 6.07) is 15.6. The number of hydrogen-bond donors (Lipinski definition) is 2. The number of aromatic nitrogens is 2. The van der Waals surface area contributed by atoms with Crippen LogP contribution in [0.4, 0.5) is 17.5 Å². The number of benzene rings is 2. The second kappa shape index (κ2) is 8.26. The fraction of sp³-hybridized carbons (Fsp3) is 0.273. The Morgan fingerprint density at radius 2 is 1.86 bits per heavy atom. The van der Waals surface area contributed by atoms with Gasteiger partial charge in [0.15, 0.2) is 11.5 Å². The van der Waals surface area contributed by atoms with E-state index in [2.05, 4.69) is 20.6 Å². The molecule has 0 bridgehead atoms. The molecular formula is C22H24N4O3. The molecule has 1 aliphatic rings. The van der Waals surface area contributed by atoms with E-state index in [1.165, 1.54) is 0 Å². The first-order valence-electron chi connectivity index (χ1n) is 9.57. The Morgan fingerprint density at radius 1 is 1.03 bits per heavy atom. The Labute approximate surface area is 170 Å². The number of aryl methyl sites for hydroxylation is 1. The number of fused-ring (bicyclic) bond motifs is 1. The molecule has 0 spiro atoms. The molecule has 0 atom stereocenters. The van der Waals surface area contributed by atoms with Gasteiger partial charge in [0.2, 0.25) is 12.7 Å². The molecule has 7 heteroatoms. The smallest absolute Gasteiger partial charge is 0.231 e. The fourth-order valence-corrected chi connectivity index (χ4v) is 3.01. The van der Waals surface area contributed by atoms with Crippen molar-refractivity contribution in [1.82, 2.24) is 9.97 Å². The second-order valence-corrected chi connectivity index (χ2v) is 7.05. The number of anilines is 3. The van der Waals surface area contributed by atoms with Gasteiger partial charge >= 0.3 is 0 Å². The minimum Gasteiger partial charge on any atom is -0.489 e. The average molecular weight is 392 g/mol. The standard InChI is InChI=1S/C22H24N4O3/c1-14(2)29-18-7-5-4-6-17(18)25-22-24-15(3)10-21(26-22)23-12-16-8-9-19-20(11-16)28-13-27-19/h4-11,14H,12-13H2,1-3H3,(H2,23,24,25,26). The van der Waals surface area contributed by atoms with Crippen LogP contribution in [0.1, 0.15) is 25.1 Å². The lowest BCUT2D eigenvalue weighted by atomic mass is 10.2. The molecule has 7 nitrogen and oxygen atoms in total. The van der Waals surface area contributed by atoms with Crippen LogP contribution in [0.25, 0.3) is 0 Å². The summed E-state index contributed by atoms with van der Waals surface area (Å²) < 4.78 is 16.7. The molecule has 1 aliphatic heterocycles. The highest BCUT2D eigenvalue weighted by atomic mass is 16.7. The van der Waals surface area contributed by atoms with Crippen LogP contribution in [0.2, 0.25) is 0 Å². The summed E-state index contributed by atoms with van der Waals surface area (Å²) in [4.78, 5) is 9.09. The largest absolute Gasteiger partial charge is 0.489 e. The van der Waals surface area contributed by atoms with Crippen molar-refractivity contribution in [3.63, 3.8) is 0 Å². The zero-order chi connectivity index (χ0) is 20.2. The molecule has 0 saturated heterocycles. The first kappa shape index (κ1) is 18.9. The number of rotatable bonds is 7. The molecule has 29 heavy (non-hydrogen) atoms. The van der Waals surface area contributed by atoms with Crippen molar-refractivity contribution in [1.29, 1.82) is 0 Å². The molecule has 2 aromatic carbocycles. The van der Waals surface area contributed by atoms with Crippen molar-refractivity contribution in [3.8, 4) is 17.2 Å². The Balaban J connectivity index is 1.48. The quantitative estimate of drug-likeness (QED) is 0.606. The molecule has 0 amide bonds. The molecule has 4 rings (SSSR count). The molecule has 150 valence electrons. The van der Waals surface area contributed by atoms with E-state index in [0.29, 0.717) is 12.5 Å². The van der Waals surface area contributed by atoms with Gasteiger partial charge in [0.1, 0.15) is 11.6 Å². The zero-order valence-corrected chi connectivity index (χ0v) is 16.7. The van der Waals surface area contributed by atoms with Gasteiger partial charge in [-0.15, -0.1) is 0 Å². The summed E-state index contributed by atoms with van der Waals surface area (Å²) in [7, 11) is 0. The van der Waals surface area contributed by atoms with Crippen molar-refractivity contribution >= 4 is 17.5 Å². The van der Waals surface area contributed by atoms with Gasteiger partial charge in [0.05, 0.1) is 11.8 Å². The normalized spacial score (nSPS) is 12.1. The van der Waals surface area contributed by atoms with Gasteiger partial charge in [-0.3, -0.25) is 0 Å². The van der Waals surface area contributed by atoms with Crippen LogP contribution in [0.5, 0.6) is 17.2 Å². The number of hydrogen-bond acceptors (Lipinski definition) is 7. The summed E-state index contributed by atoms with van der Waals surface area (Å²) in [5, 5.41) is 6.61. The van der Waals surface area contributed by atoms with E-state index in [4.69, 9.17) is 14.2 Å². The zero-order valence-electron chi connectivity index (χ0n) is 16.7. The predicted molar refractivity (Wildman–Crippen MR) is 112 cm³/mol. The molecule has 0 fully saturated rings. The summed E-state index contributed by atoms with van der Waals surface area (Å²) >= 11 is 0. The third kappa shape index (κ3) is 4.68. The third-order valence-corrected chi connectivity index (χ3v) is 4.26. The van der Waals surface area contributed by atoms with E-state index in [0.717, 1.165) is 40.0 Å². The van der Waals surface area contributed by atoms with Gasteiger partial charge in [-0.05, 0) is 50.6 Å². The van der Waals surface area contributed by atoms with Crippen LogP contribution in [0.3, 0.4) is 0 Å². The number of nitrogens with zero attached hydrogens (tertiary/aromatic N) is 2. The minimum atomic E-state index is 0.0790. The lowest BCUT2D eigenvalue weighted by Crippen LogP contribution is -2.09. The monoisotopic (exact) mass is 392 g/mol. The fourth-order valence-electron chi connectivity index (χ4n) is 3.01. The SMILES string of the molecule is Cc1cc(NCc2ccc3c(c2)OCO3)nc(Nc2ccccc2OC(C)C)n1. The summed E-state index contributed by atoms with van der Waals surface area (Å²) in [5.41, 5.74) is 2.77. The van der Waals surface area contributed by atoms with E-state index >= 15 is 0 Å². The van der Waals surface area contributed by atoms with Crippen molar-refractivity contribution < 1.29 is 14.2 Å². The molecule has 0 aliphatic carbocycles. The molecular weight excluding hydrogens is 368 g/mol. The summed E-state index contributed by atoms with van der Waals surface area (Å²) in [5.74, 6) is 3.56.